The van der Waals surface area contributed by atoms with Crippen LogP contribution in [0, 0.1) is 0 Å². The molecule has 3 rings (SSSR count). The number of likely N-dealkylation sites (tertiary alicyclic amines) is 1. The van der Waals surface area contributed by atoms with Crippen LogP contribution in [0.2, 0.25) is 0 Å². The van der Waals surface area contributed by atoms with Crippen LogP contribution in [0.3, 0.4) is 0 Å². The van der Waals surface area contributed by atoms with Crippen molar-refractivity contribution in [1.82, 2.24) is 15.1 Å². The summed E-state index contributed by atoms with van der Waals surface area (Å²) in [5, 5.41) is 11.4. The molecule has 0 spiro atoms. The van der Waals surface area contributed by atoms with Gasteiger partial charge in [0.15, 0.2) is 0 Å². The van der Waals surface area contributed by atoms with Gasteiger partial charge in [0.05, 0.1) is 0 Å². The van der Waals surface area contributed by atoms with Crippen molar-refractivity contribution in [1.29, 1.82) is 0 Å². The van der Waals surface area contributed by atoms with Gasteiger partial charge in [-0.25, -0.2) is 9.59 Å². The number of carboxylic acids is 1. The molecule has 3 heterocycles. The third-order valence-corrected chi connectivity index (χ3v) is 5.82. The van der Waals surface area contributed by atoms with Gasteiger partial charge in [-0.2, -0.15) is 0 Å². The first kappa shape index (κ1) is 17.6. The molecule has 0 aromatic carbocycles. The number of thioether (sulfide) groups is 1. The van der Waals surface area contributed by atoms with Gasteiger partial charge < -0.3 is 20.1 Å². The second-order valence-electron chi connectivity index (χ2n) is 6.03. The van der Waals surface area contributed by atoms with Gasteiger partial charge in [0, 0.05) is 24.4 Å². The first-order valence-corrected chi connectivity index (χ1v) is 9.11. The van der Waals surface area contributed by atoms with Crippen LogP contribution in [0.15, 0.2) is 11.3 Å². The average Bonchev–Trinajstić information content (AvgIpc) is 2.63. The average molecular weight is 369 g/mol. The van der Waals surface area contributed by atoms with Gasteiger partial charge in [-0.15, -0.1) is 11.8 Å². The molecule has 3 aliphatic heterocycles. The highest BCUT2D eigenvalue weighted by atomic mass is 32.2. The van der Waals surface area contributed by atoms with Crippen LogP contribution in [0.25, 0.3) is 0 Å². The summed E-state index contributed by atoms with van der Waals surface area (Å²) in [5.41, 5.74) is 0.237. The summed E-state index contributed by atoms with van der Waals surface area (Å²) in [4.78, 5) is 49.1. The fourth-order valence-electron chi connectivity index (χ4n) is 3.20. The van der Waals surface area contributed by atoms with Crippen LogP contribution < -0.4 is 5.32 Å². The third-order valence-electron chi connectivity index (χ3n) is 4.48. The minimum atomic E-state index is -1.24. The number of carboxylic acid groups (broad SMARTS) is 1. The summed E-state index contributed by atoms with van der Waals surface area (Å²) in [6.07, 6.45) is 2.93. The summed E-state index contributed by atoms with van der Waals surface area (Å²) in [5.74, 6) is -1.39. The molecule has 2 saturated heterocycles. The van der Waals surface area contributed by atoms with Crippen LogP contribution in [-0.2, 0) is 19.1 Å². The first-order valence-electron chi connectivity index (χ1n) is 8.06. The second kappa shape index (κ2) is 7.34. The van der Waals surface area contributed by atoms with E-state index in [1.54, 1.807) is 4.90 Å². The van der Waals surface area contributed by atoms with E-state index in [9.17, 15) is 24.3 Å². The molecule has 25 heavy (non-hydrogen) atoms. The zero-order valence-corrected chi connectivity index (χ0v) is 14.3. The Bertz CT molecular complexity index is 631. The monoisotopic (exact) mass is 369 g/mol. The number of aliphatic carboxylic acids is 1. The number of β-lactam (4-membered cyclic amide) rings is 1. The summed E-state index contributed by atoms with van der Waals surface area (Å²) in [6, 6.07) is -0.714. The predicted molar refractivity (Wildman–Crippen MR) is 87.5 cm³/mol. The number of carbonyl (C=O) groups is 4. The molecule has 0 bridgehead atoms. The van der Waals surface area contributed by atoms with Gasteiger partial charge in [-0.05, 0) is 19.3 Å². The molecular formula is C15H19N3O6S. The van der Waals surface area contributed by atoms with Gasteiger partial charge in [-0.1, -0.05) is 0 Å². The maximum atomic E-state index is 12.1. The van der Waals surface area contributed by atoms with E-state index in [0.29, 0.717) is 30.8 Å². The van der Waals surface area contributed by atoms with Gasteiger partial charge in [0.25, 0.3) is 5.91 Å². The fourth-order valence-corrected chi connectivity index (χ4v) is 4.54. The number of nitrogens with one attached hydrogen (secondary N) is 1. The molecule has 9 nitrogen and oxygen atoms in total. The van der Waals surface area contributed by atoms with E-state index >= 15 is 0 Å². The van der Waals surface area contributed by atoms with Gasteiger partial charge in [0.2, 0.25) is 6.41 Å². The standard InChI is InChI=1S/C15H19N3O6S/c19-8-16-10-12(20)18-11(14(21)22)9(7-25-13(10)18)6-24-15(23)17-4-2-1-3-5-17/h8,10,13H,1-7H2,(H,16,19)(H,21,22)/t10?,13-/m1/s1. The lowest BCUT2D eigenvalue weighted by Crippen LogP contribution is -2.69. The second-order valence-corrected chi connectivity index (χ2v) is 7.14. The van der Waals surface area contributed by atoms with Crippen molar-refractivity contribution in [3.05, 3.63) is 11.3 Å². The smallest absolute Gasteiger partial charge is 0.410 e. The Labute approximate surface area is 148 Å². The molecule has 0 aliphatic carbocycles. The van der Waals surface area contributed by atoms with Crippen molar-refractivity contribution in [2.75, 3.05) is 25.4 Å². The number of fused-ring (bicyclic) bond motifs is 1. The van der Waals surface area contributed by atoms with E-state index in [2.05, 4.69) is 5.32 Å². The minimum Gasteiger partial charge on any atom is -0.477 e. The lowest BCUT2D eigenvalue weighted by Gasteiger charge is -2.49. The van der Waals surface area contributed by atoms with Crippen molar-refractivity contribution < 1.29 is 29.0 Å². The molecule has 2 atom stereocenters. The Morgan fingerprint density at radius 3 is 2.68 bits per heavy atom. The van der Waals surface area contributed by atoms with Crippen molar-refractivity contribution in [3.8, 4) is 0 Å². The van der Waals surface area contributed by atoms with E-state index in [-0.39, 0.29) is 12.3 Å². The number of carbonyl (C=O) groups excluding carboxylic acids is 3. The van der Waals surface area contributed by atoms with E-state index in [1.165, 1.54) is 11.8 Å². The number of nitrogens with zero attached hydrogens (tertiary/aromatic N) is 2. The quantitative estimate of drug-likeness (QED) is 0.517. The highest BCUT2D eigenvalue weighted by Gasteiger charge is 2.53. The minimum absolute atomic E-state index is 0.149. The molecule has 1 unspecified atom stereocenters. The normalized spacial score (nSPS) is 25.8. The topological polar surface area (TPSA) is 116 Å². The maximum absolute atomic E-state index is 12.1. The molecule has 0 aromatic heterocycles. The lowest BCUT2D eigenvalue weighted by atomic mass is 10.0. The zero-order valence-electron chi connectivity index (χ0n) is 13.5. The van der Waals surface area contributed by atoms with Crippen molar-refractivity contribution >= 4 is 36.1 Å². The highest BCUT2D eigenvalue weighted by Crippen LogP contribution is 2.40. The maximum Gasteiger partial charge on any atom is 0.410 e. The number of hydrogen-bond acceptors (Lipinski definition) is 6. The Kier molecular flexibility index (Phi) is 5.16. The molecule has 10 heteroatoms. The van der Waals surface area contributed by atoms with E-state index < -0.39 is 29.4 Å². The summed E-state index contributed by atoms with van der Waals surface area (Å²) in [6.45, 7) is 1.13. The summed E-state index contributed by atoms with van der Waals surface area (Å²) in [7, 11) is 0. The van der Waals surface area contributed by atoms with Gasteiger partial charge in [0.1, 0.15) is 23.7 Å². The number of rotatable bonds is 5. The Morgan fingerprint density at radius 2 is 2.04 bits per heavy atom. The number of hydrogen-bond donors (Lipinski definition) is 2. The molecule has 2 N–H and O–H groups in total. The van der Waals surface area contributed by atoms with E-state index in [1.807, 2.05) is 0 Å². The lowest BCUT2D eigenvalue weighted by molar-refractivity contribution is -0.149. The van der Waals surface area contributed by atoms with Crippen molar-refractivity contribution in [3.63, 3.8) is 0 Å². The zero-order chi connectivity index (χ0) is 18.0. The molecule has 0 aromatic rings. The Hall–Kier alpha value is -2.23. The van der Waals surface area contributed by atoms with Crippen LogP contribution in [0.1, 0.15) is 19.3 Å². The molecule has 0 radical (unpaired) electrons. The van der Waals surface area contributed by atoms with E-state index in [0.717, 1.165) is 24.2 Å². The Balaban J connectivity index is 1.69. The van der Waals surface area contributed by atoms with Crippen LogP contribution in [0.5, 0.6) is 0 Å². The summed E-state index contributed by atoms with van der Waals surface area (Å²) >= 11 is 1.34. The van der Waals surface area contributed by atoms with Gasteiger partial charge in [-0.3, -0.25) is 14.5 Å². The molecule has 2 fully saturated rings. The third kappa shape index (κ3) is 3.30. The fraction of sp³-hybridized carbons (Fsp3) is 0.600. The summed E-state index contributed by atoms with van der Waals surface area (Å²) < 4.78 is 5.26. The number of piperidine rings is 1. The van der Waals surface area contributed by atoms with Gasteiger partial charge >= 0.3 is 12.1 Å². The van der Waals surface area contributed by atoms with E-state index in [4.69, 9.17) is 4.74 Å². The molecular weight excluding hydrogens is 350 g/mol. The predicted octanol–water partition coefficient (Wildman–Crippen LogP) is -0.0227. The van der Waals surface area contributed by atoms with Crippen LogP contribution in [-0.4, -0.2) is 76.2 Å². The van der Waals surface area contributed by atoms with Crippen molar-refractivity contribution in [2.45, 2.75) is 30.7 Å². The SMILES string of the molecule is O=CNC1C(=O)N2C(C(=O)O)=C(COC(=O)N3CCCCC3)CS[C@H]12. The first-order chi connectivity index (χ1) is 12.0. The molecule has 136 valence electrons. The van der Waals surface area contributed by atoms with Crippen molar-refractivity contribution in [2.24, 2.45) is 0 Å². The molecule has 3 aliphatic rings. The van der Waals surface area contributed by atoms with Crippen LogP contribution >= 0.6 is 11.8 Å². The molecule has 3 amide bonds. The highest BCUT2D eigenvalue weighted by molar-refractivity contribution is 8.00. The number of ether oxygens (including phenoxy) is 1. The number of amides is 3. The largest absolute Gasteiger partial charge is 0.477 e. The Morgan fingerprint density at radius 1 is 1.32 bits per heavy atom. The molecule has 0 saturated carbocycles. The van der Waals surface area contributed by atoms with Crippen LogP contribution in [0.4, 0.5) is 4.79 Å².